The van der Waals surface area contributed by atoms with Gasteiger partial charge in [0, 0.05) is 11.3 Å². The first-order valence-corrected chi connectivity index (χ1v) is 7.31. The summed E-state index contributed by atoms with van der Waals surface area (Å²) in [7, 11) is 0. The maximum atomic E-state index is 5.66. The van der Waals surface area contributed by atoms with Gasteiger partial charge in [-0.1, -0.05) is 12.2 Å². The number of nitrogens with zero attached hydrogens (tertiary/aromatic N) is 2. The maximum absolute atomic E-state index is 5.66. The summed E-state index contributed by atoms with van der Waals surface area (Å²) in [5, 5.41) is 12.1. The zero-order valence-corrected chi connectivity index (χ0v) is 11.4. The third-order valence-electron chi connectivity index (χ3n) is 3.04. The summed E-state index contributed by atoms with van der Waals surface area (Å²) in [6.45, 7) is 0. The molecule has 1 fully saturated rings. The summed E-state index contributed by atoms with van der Waals surface area (Å²) >= 11 is 6.93. The van der Waals surface area contributed by atoms with Gasteiger partial charge in [0.05, 0.1) is 11.8 Å². The van der Waals surface area contributed by atoms with Crippen molar-refractivity contribution in [3.63, 3.8) is 0 Å². The van der Waals surface area contributed by atoms with E-state index in [4.69, 9.17) is 18.0 Å². The van der Waals surface area contributed by atoms with E-state index in [0.29, 0.717) is 16.8 Å². The maximum Gasteiger partial charge on any atom is 0.159 e. The highest BCUT2D eigenvalue weighted by atomic mass is 32.2. The standard InChI is InChI=1S/C11H16N4S2/c1-17-8-3-2-7(6-8)14-11-9(10(12)16)4-5-13-15-11/h4-5,7-8H,2-3,6H2,1H3,(H2,12,16)(H,14,15). The van der Waals surface area contributed by atoms with Crippen molar-refractivity contribution in [2.24, 2.45) is 5.73 Å². The van der Waals surface area contributed by atoms with E-state index in [9.17, 15) is 0 Å². The van der Waals surface area contributed by atoms with Crippen molar-refractivity contribution in [1.29, 1.82) is 0 Å². The molecule has 1 saturated carbocycles. The Labute approximate surface area is 111 Å². The van der Waals surface area contributed by atoms with Crippen molar-refractivity contribution in [2.45, 2.75) is 30.6 Å². The SMILES string of the molecule is CSC1CCC(Nc2nnccc2C(N)=S)C1. The van der Waals surface area contributed by atoms with E-state index in [1.54, 1.807) is 12.3 Å². The molecule has 0 aliphatic heterocycles. The van der Waals surface area contributed by atoms with E-state index in [2.05, 4.69) is 21.8 Å². The Morgan fingerprint density at radius 3 is 3.06 bits per heavy atom. The fraction of sp³-hybridized carbons (Fsp3) is 0.545. The Morgan fingerprint density at radius 1 is 1.59 bits per heavy atom. The van der Waals surface area contributed by atoms with Crippen molar-refractivity contribution < 1.29 is 0 Å². The van der Waals surface area contributed by atoms with Crippen LogP contribution in [0.4, 0.5) is 5.82 Å². The molecule has 17 heavy (non-hydrogen) atoms. The smallest absolute Gasteiger partial charge is 0.159 e. The minimum Gasteiger partial charge on any atom is -0.389 e. The fourth-order valence-corrected chi connectivity index (χ4v) is 3.08. The van der Waals surface area contributed by atoms with Gasteiger partial charge in [-0.2, -0.15) is 16.9 Å². The van der Waals surface area contributed by atoms with Gasteiger partial charge < -0.3 is 11.1 Å². The van der Waals surface area contributed by atoms with Crippen molar-refractivity contribution in [3.05, 3.63) is 17.8 Å². The monoisotopic (exact) mass is 268 g/mol. The highest BCUT2D eigenvalue weighted by molar-refractivity contribution is 7.99. The van der Waals surface area contributed by atoms with E-state index < -0.39 is 0 Å². The summed E-state index contributed by atoms with van der Waals surface area (Å²) in [4.78, 5) is 0.363. The first kappa shape index (κ1) is 12.6. The average Bonchev–Trinajstić information content (AvgIpc) is 2.77. The molecule has 4 nitrogen and oxygen atoms in total. The molecule has 0 spiro atoms. The predicted octanol–water partition coefficient (Wildman–Crippen LogP) is 1.81. The van der Waals surface area contributed by atoms with E-state index in [1.165, 1.54) is 12.8 Å². The molecule has 2 atom stereocenters. The van der Waals surface area contributed by atoms with Crippen LogP contribution in [0.2, 0.25) is 0 Å². The predicted molar refractivity (Wildman–Crippen MR) is 76.5 cm³/mol. The van der Waals surface area contributed by atoms with Crippen LogP contribution in [0.5, 0.6) is 0 Å². The Hall–Kier alpha value is -0.880. The largest absolute Gasteiger partial charge is 0.389 e. The number of hydrogen-bond donors (Lipinski definition) is 2. The van der Waals surface area contributed by atoms with E-state index in [-0.39, 0.29) is 0 Å². The molecular weight excluding hydrogens is 252 g/mol. The van der Waals surface area contributed by atoms with E-state index >= 15 is 0 Å². The third-order valence-corrected chi connectivity index (χ3v) is 4.36. The lowest BCUT2D eigenvalue weighted by Crippen LogP contribution is -2.21. The molecule has 1 heterocycles. The van der Waals surface area contributed by atoms with Gasteiger partial charge in [-0.15, -0.1) is 5.10 Å². The van der Waals surface area contributed by atoms with Crippen molar-refractivity contribution in [2.75, 3.05) is 11.6 Å². The van der Waals surface area contributed by atoms with Gasteiger partial charge in [0.25, 0.3) is 0 Å². The van der Waals surface area contributed by atoms with Gasteiger partial charge in [0.1, 0.15) is 4.99 Å². The summed E-state index contributed by atoms with van der Waals surface area (Å²) in [5.74, 6) is 0.715. The molecule has 0 radical (unpaired) electrons. The van der Waals surface area contributed by atoms with E-state index in [0.717, 1.165) is 17.2 Å². The minimum absolute atomic E-state index is 0.363. The topological polar surface area (TPSA) is 63.8 Å². The van der Waals surface area contributed by atoms with Gasteiger partial charge in [0.15, 0.2) is 5.82 Å². The van der Waals surface area contributed by atoms with Gasteiger partial charge in [-0.25, -0.2) is 0 Å². The molecule has 6 heteroatoms. The highest BCUT2D eigenvalue weighted by Gasteiger charge is 2.24. The normalized spacial score (nSPS) is 23.6. The quantitative estimate of drug-likeness (QED) is 0.812. The number of nitrogens with two attached hydrogens (primary N) is 1. The molecule has 1 aromatic heterocycles. The molecule has 3 N–H and O–H groups in total. The number of thioether (sulfide) groups is 1. The number of aromatic nitrogens is 2. The zero-order valence-electron chi connectivity index (χ0n) is 9.72. The molecule has 1 aliphatic carbocycles. The van der Waals surface area contributed by atoms with Crippen LogP contribution < -0.4 is 11.1 Å². The Morgan fingerprint density at radius 2 is 2.41 bits per heavy atom. The second-order valence-electron chi connectivity index (χ2n) is 4.17. The lowest BCUT2D eigenvalue weighted by Gasteiger charge is -2.15. The molecule has 0 aromatic carbocycles. The van der Waals surface area contributed by atoms with Crippen molar-refractivity contribution in [3.8, 4) is 0 Å². The van der Waals surface area contributed by atoms with Crippen molar-refractivity contribution >= 4 is 34.8 Å². The summed E-state index contributed by atoms with van der Waals surface area (Å²) in [5.41, 5.74) is 6.44. The molecule has 1 aromatic rings. The average molecular weight is 268 g/mol. The molecule has 0 amide bonds. The van der Waals surface area contributed by atoms with Crippen molar-refractivity contribution in [1.82, 2.24) is 10.2 Å². The Bertz CT molecular complexity index is 410. The molecule has 1 aliphatic rings. The van der Waals surface area contributed by atoms with Crippen LogP contribution in [-0.2, 0) is 0 Å². The van der Waals surface area contributed by atoms with Gasteiger partial charge in [-0.05, 0) is 31.6 Å². The van der Waals surface area contributed by atoms with Gasteiger partial charge >= 0.3 is 0 Å². The minimum atomic E-state index is 0.363. The van der Waals surface area contributed by atoms with Crippen LogP contribution in [0.25, 0.3) is 0 Å². The summed E-state index contributed by atoms with van der Waals surface area (Å²) < 4.78 is 0. The summed E-state index contributed by atoms with van der Waals surface area (Å²) in [6.07, 6.45) is 7.35. The first-order valence-electron chi connectivity index (χ1n) is 5.61. The molecule has 2 unspecified atom stereocenters. The number of anilines is 1. The number of nitrogens with one attached hydrogen (secondary N) is 1. The number of hydrogen-bond acceptors (Lipinski definition) is 5. The van der Waals surface area contributed by atoms with Crippen LogP contribution in [0.1, 0.15) is 24.8 Å². The highest BCUT2D eigenvalue weighted by Crippen LogP contribution is 2.30. The second kappa shape index (κ2) is 5.64. The van der Waals surface area contributed by atoms with Crippen LogP contribution in [0, 0.1) is 0 Å². The molecular formula is C11H16N4S2. The second-order valence-corrected chi connectivity index (χ2v) is 5.75. The van der Waals surface area contributed by atoms with Crippen LogP contribution in [0.3, 0.4) is 0 Å². The zero-order chi connectivity index (χ0) is 12.3. The Kier molecular flexibility index (Phi) is 4.17. The van der Waals surface area contributed by atoms with Crippen LogP contribution >= 0.6 is 24.0 Å². The van der Waals surface area contributed by atoms with Crippen LogP contribution in [-0.4, -0.2) is 32.7 Å². The molecule has 0 bridgehead atoms. The van der Waals surface area contributed by atoms with Gasteiger partial charge in [0.2, 0.25) is 0 Å². The molecule has 2 rings (SSSR count). The number of thiocarbonyl (C=S) groups is 1. The third kappa shape index (κ3) is 3.07. The fourth-order valence-electron chi connectivity index (χ4n) is 2.12. The summed E-state index contributed by atoms with van der Waals surface area (Å²) in [6, 6.07) is 2.26. The Balaban J connectivity index is 2.06. The van der Waals surface area contributed by atoms with Crippen LogP contribution in [0.15, 0.2) is 12.3 Å². The molecule has 0 saturated heterocycles. The molecule has 92 valence electrons. The van der Waals surface area contributed by atoms with E-state index in [1.807, 2.05) is 11.8 Å². The number of rotatable bonds is 4. The lowest BCUT2D eigenvalue weighted by atomic mass is 10.2. The lowest BCUT2D eigenvalue weighted by molar-refractivity contribution is 0.747. The van der Waals surface area contributed by atoms with Gasteiger partial charge in [-0.3, -0.25) is 0 Å². The first-order chi connectivity index (χ1) is 8.20.